The molecule has 0 spiro atoms. The molecule has 0 atom stereocenters. The lowest BCUT2D eigenvalue weighted by Crippen LogP contribution is -2.21. The van der Waals surface area contributed by atoms with Crippen molar-refractivity contribution in [3.63, 3.8) is 0 Å². The number of aromatic amines is 1. The molecule has 1 aromatic heterocycles. The van der Waals surface area contributed by atoms with Gasteiger partial charge in [-0.25, -0.2) is 0 Å². The van der Waals surface area contributed by atoms with Gasteiger partial charge in [0.05, 0.1) is 10.7 Å². The molecule has 1 heterocycles. The van der Waals surface area contributed by atoms with E-state index in [9.17, 15) is 0 Å². The summed E-state index contributed by atoms with van der Waals surface area (Å²) < 4.78 is 0. The van der Waals surface area contributed by atoms with Crippen molar-refractivity contribution in [3.05, 3.63) is 40.0 Å². The normalized spacial score (nSPS) is 11.2. The maximum atomic E-state index is 6.14. The van der Waals surface area contributed by atoms with Crippen LogP contribution in [0, 0.1) is 0 Å². The highest BCUT2D eigenvalue weighted by Gasteiger charge is 2.08. The fourth-order valence-corrected chi connectivity index (χ4v) is 1.98. The second kappa shape index (κ2) is 5.74. The van der Waals surface area contributed by atoms with Crippen molar-refractivity contribution in [2.75, 3.05) is 0 Å². The second-order valence-electron chi connectivity index (χ2n) is 4.44. The number of rotatable bonds is 4. The third-order valence-corrected chi connectivity index (χ3v) is 3.10. The number of nitrogens with one attached hydrogen (secondary N) is 2. The molecular formula is C13H15Cl2N3. The summed E-state index contributed by atoms with van der Waals surface area (Å²) in [6.07, 6.45) is 0. The highest BCUT2D eigenvalue weighted by Crippen LogP contribution is 2.29. The molecule has 2 N–H and O–H groups in total. The van der Waals surface area contributed by atoms with Crippen LogP contribution in [-0.4, -0.2) is 16.2 Å². The molecule has 0 fully saturated rings. The lowest BCUT2D eigenvalue weighted by atomic mass is 10.1. The highest BCUT2D eigenvalue weighted by molar-refractivity contribution is 6.35. The zero-order valence-corrected chi connectivity index (χ0v) is 11.8. The maximum absolute atomic E-state index is 6.14. The van der Waals surface area contributed by atoms with Crippen LogP contribution < -0.4 is 5.32 Å². The first-order chi connectivity index (χ1) is 8.56. The number of hydrogen-bond acceptors (Lipinski definition) is 2. The summed E-state index contributed by atoms with van der Waals surface area (Å²) >= 11 is 12.1. The largest absolute Gasteiger partial charge is 0.309 e. The van der Waals surface area contributed by atoms with Gasteiger partial charge in [0.2, 0.25) is 0 Å². The molecule has 2 aromatic rings. The molecule has 0 amide bonds. The molecule has 3 nitrogen and oxygen atoms in total. The van der Waals surface area contributed by atoms with E-state index in [1.54, 1.807) is 12.1 Å². The van der Waals surface area contributed by atoms with E-state index < -0.39 is 0 Å². The van der Waals surface area contributed by atoms with E-state index in [1.807, 2.05) is 12.1 Å². The minimum absolute atomic E-state index is 0.437. The number of benzene rings is 1. The predicted octanol–water partition coefficient (Wildman–Crippen LogP) is 3.88. The molecule has 0 aliphatic heterocycles. The Kier molecular flexibility index (Phi) is 4.27. The van der Waals surface area contributed by atoms with Gasteiger partial charge in [0, 0.05) is 28.9 Å². The molecule has 0 saturated carbocycles. The van der Waals surface area contributed by atoms with Gasteiger partial charge < -0.3 is 5.32 Å². The number of aromatic nitrogens is 2. The van der Waals surface area contributed by atoms with Crippen LogP contribution in [0.25, 0.3) is 11.3 Å². The molecule has 0 aliphatic carbocycles. The summed E-state index contributed by atoms with van der Waals surface area (Å²) in [4.78, 5) is 0. The summed E-state index contributed by atoms with van der Waals surface area (Å²) in [6.45, 7) is 4.96. The van der Waals surface area contributed by atoms with Crippen molar-refractivity contribution in [2.24, 2.45) is 0 Å². The van der Waals surface area contributed by atoms with Crippen molar-refractivity contribution in [1.29, 1.82) is 0 Å². The van der Waals surface area contributed by atoms with Crippen LogP contribution in [-0.2, 0) is 6.54 Å². The minimum atomic E-state index is 0.437. The first-order valence-electron chi connectivity index (χ1n) is 5.79. The van der Waals surface area contributed by atoms with Crippen LogP contribution >= 0.6 is 23.2 Å². The lowest BCUT2D eigenvalue weighted by Gasteiger charge is -2.04. The highest BCUT2D eigenvalue weighted by atomic mass is 35.5. The van der Waals surface area contributed by atoms with E-state index >= 15 is 0 Å². The van der Waals surface area contributed by atoms with Gasteiger partial charge >= 0.3 is 0 Å². The fourth-order valence-electron chi connectivity index (χ4n) is 1.60. The van der Waals surface area contributed by atoms with E-state index in [4.69, 9.17) is 23.2 Å². The van der Waals surface area contributed by atoms with Crippen LogP contribution in [0.15, 0.2) is 24.3 Å². The number of halogens is 2. The van der Waals surface area contributed by atoms with E-state index in [2.05, 4.69) is 29.4 Å². The molecule has 0 unspecified atom stereocenters. The summed E-state index contributed by atoms with van der Waals surface area (Å²) in [5.41, 5.74) is 2.68. The van der Waals surface area contributed by atoms with Crippen LogP contribution in [0.4, 0.5) is 0 Å². The van der Waals surface area contributed by atoms with Crippen LogP contribution in [0.5, 0.6) is 0 Å². The molecule has 1 aromatic carbocycles. The Morgan fingerprint density at radius 1 is 1.28 bits per heavy atom. The van der Waals surface area contributed by atoms with Crippen LogP contribution in [0.1, 0.15) is 19.5 Å². The van der Waals surface area contributed by atoms with Gasteiger partial charge in [-0.2, -0.15) is 5.10 Å². The first-order valence-corrected chi connectivity index (χ1v) is 6.55. The molecule has 18 heavy (non-hydrogen) atoms. The SMILES string of the molecule is CC(C)NCc1cc(-c2cc(Cl)ccc2Cl)n[nH]1. The molecule has 2 rings (SSSR count). The van der Waals surface area contributed by atoms with E-state index in [1.165, 1.54) is 0 Å². The smallest absolute Gasteiger partial charge is 0.0939 e. The van der Waals surface area contributed by atoms with E-state index in [-0.39, 0.29) is 0 Å². The van der Waals surface area contributed by atoms with Crippen molar-refractivity contribution in [2.45, 2.75) is 26.4 Å². The standard InChI is InChI=1S/C13H15Cl2N3/c1-8(2)16-7-10-6-13(18-17-10)11-5-9(14)3-4-12(11)15/h3-6,8,16H,7H2,1-2H3,(H,17,18). The van der Waals surface area contributed by atoms with Crippen LogP contribution in [0.3, 0.4) is 0 Å². The topological polar surface area (TPSA) is 40.7 Å². The Bertz CT molecular complexity index is 535. The third kappa shape index (κ3) is 3.25. The molecule has 96 valence electrons. The zero-order chi connectivity index (χ0) is 13.1. The maximum Gasteiger partial charge on any atom is 0.0939 e. The van der Waals surface area contributed by atoms with E-state index in [0.29, 0.717) is 16.1 Å². The average Bonchev–Trinajstić information content (AvgIpc) is 2.78. The van der Waals surface area contributed by atoms with Gasteiger partial charge in [0.1, 0.15) is 0 Å². The number of H-pyrrole nitrogens is 1. The Labute approximate surface area is 117 Å². The Balaban J connectivity index is 2.21. The molecule has 0 bridgehead atoms. The molecule has 5 heteroatoms. The first kappa shape index (κ1) is 13.4. The minimum Gasteiger partial charge on any atom is -0.309 e. The van der Waals surface area contributed by atoms with Crippen molar-refractivity contribution >= 4 is 23.2 Å². The van der Waals surface area contributed by atoms with Crippen molar-refractivity contribution in [1.82, 2.24) is 15.5 Å². The summed E-state index contributed by atoms with van der Waals surface area (Å²) in [6, 6.07) is 7.78. The van der Waals surface area contributed by atoms with Gasteiger partial charge in [-0.15, -0.1) is 0 Å². The predicted molar refractivity (Wildman–Crippen MR) is 76.0 cm³/mol. The third-order valence-electron chi connectivity index (χ3n) is 2.54. The average molecular weight is 284 g/mol. The summed E-state index contributed by atoms with van der Waals surface area (Å²) in [5.74, 6) is 0. The molecule has 0 saturated heterocycles. The van der Waals surface area contributed by atoms with Crippen molar-refractivity contribution in [3.8, 4) is 11.3 Å². The quantitative estimate of drug-likeness (QED) is 0.894. The van der Waals surface area contributed by atoms with Gasteiger partial charge in [-0.1, -0.05) is 37.0 Å². The van der Waals surface area contributed by atoms with Gasteiger partial charge in [-0.3, -0.25) is 5.10 Å². The summed E-state index contributed by atoms with van der Waals surface area (Å²) in [7, 11) is 0. The Morgan fingerprint density at radius 2 is 2.06 bits per heavy atom. The zero-order valence-electron chi connectivity index (χ0n) is 10.3. The van der Waals surface area contributed by atoms with E-state index in [0.717, 1.165) is 23.5 Å². The number of nitrogens with zero attached hydrogens (tertiary/aromatic N) is 1. The van der Waals surface area contributed by atoms with Crippen molar-refractivity contribution < 1.29 is 0 Å². The summed E-state index contributed by atoms with van der Waals surface area (Å²) in [5, 5.41) is 11.9. The van der Waals surface area contributed by atoms with Gasteiger partial charge in [-0.05, 0) is 24.3 Å². The molecule has 0 aliphatic rings. The molecular weight excluding hydrogens is 269 g/mol. The Morgan fingerprint density at radius 3 is 2.78 bits per heavy atom. The fraction of sp³-hybridized carbons (Fsp3) is 0.308. The monoisotopic (exact) mass is 283 g/mol. The lowest BCUT2D eigenvalue weighted by molar-refractivity contribution is 0.580. The number of hydrogen-bond donors (Lipinski definition) is 2. The second-order valence-corrected chi connectivity index (χ2v) is 5.28. The molecule has 0 radical (unpaired) electrons. The van der Waals surface area contributed by atoms with Gasteiger partial charge in [0.15, 0.2) is 0 Å². The Hall–Kier alpha value is -1.03. The van der Waals surface area contributed by atoms with Crippen LogP contribution in [0.2, 0.25) is 10.0 Å². The van der Waals surface area contributed by atoms with Gasteiger partial charge in [0.25, 0.3) is 0 Å².